The molecule has 1 aromatic heterocycles. The molecule has 2 atom stereocenters. The van der Waals surface area contributed by atoms with Crippen LogP contribution in [0.25, 0.3) is 10.9 Å². The Morgan fingerprint density at radius 2 is 2.15 bits per heavy atom. The molecule has 1 saturated carbocycles. The summed E-state index contributed by atoms with van der Waals surface area (Å²) in [5, 5.41) is 10.2. The van der Waals surface area contributed by atoms with Crippen molar-refractivity contribution in [3.05, 3.63) is 28.7 Å². The van der Waals surface area contributed by atoms with Gasteiger partial charge in [-0.05, 0) is 25.1 Å². The van der Waals surface area contributed by atoms with Gasteiger partial charge in [-0.3, -0.25) is 5.10 Å². The van der Waals surface area contributed by atoms with Gasteiger partial charge in [0.25, 0.3) is 5.92 Å². The number of aromatic amines is 1. The highest BCUT2D eigenvalue weighted by Crippen LogP contribution is 2.69. The van der Waals surface area contributed by atoms with Gasteiger partial charge in [0.2, 0.25) is 0 Å². The Labute approximate surface area is 117 Å². The standard InChI is InChI=1S/C13H11ClF3N3/c14-8-4-6(15)3-7-10(8)19-20-11(7)12-5-18-2-1-9(12)13(12,16)17/h3-4,9,18H,1-2,5H2,(H,19,20). The van der Waals surface area contributed by atoms with Crippen molar-refractivity contribution in [2.75, 3.05) is 13.1 Å². The Morgan fingerprint density at radius 1 is 1.35 bits per heavy atom. The number of piperidine rings is 1. The molecule has 1 aromatic carbocycles. The molecule has 0 amide bonds. The monoisotopic (exact) mass is 301 g/mol. The predicted octanol–water partition coefficient (Wildman–Crippen LogP) is 2.85. The lowest BCUT2D eigenvalue weighted by Crippen LogP contribution is -2.36. The van der Waals surface area contributed by atoms with Gasteiger partial charge in [0, 0.05) is 17.8 Å². The minimum absolute atomic E-state index is 0.152. The highest BCUT2D eigenvalue weighted by molar-refractivity contribution is 6.35. The van der Waals surface area contributed by atoms with Crippen molar-refractivity contribution >= 4 is 22.5 Å². The molecule has 1 aliphatic carbocycles. The number of aromatic nitrogens is 2. The molecule has 2 aromatic rings. The summed E-state index contributed by atoms with van der Waals surface area (Å²) in [6.45, 7) is 0.720. The van der Waals surface area contributed by atoms with Gasteiger partial charge < -0.3 is 5.32 Å². The van der Waals surface area contributed by atoms with Crippen LogP contribution in [0.2, 0.25) is 5.02 Å². The van der Waals surface area contributed by atoms with E-state index in [1.165, 1.54) is 6.07 Å². The van der Waals surface area contributed by atoms with Crippen molar-refractivity contribution in [3.8, 4) is 0 Å². The summed E-state index contributed by atoms with van der Waals surface area (Å²) >= 11 is 5.93. The molecule has 0 bridgehead atoms. The van der Waals surface area contributed by atoms with E-state index in [0.29, 0.717) is 23.9 Å². The summed E-state index contributed by atoms with van der Waals surface area (Å²) < 4.78 is 42.0. The fourth-order valence-corrected chi connectivity index (χ4v) is 3.77. The molecule has 7 heteroatoms. The molecule has 106 valence electrons. The van der Waals surface area contributed by atoms with E-state index in [1.807, 2.05) is 0 Å². The summed E-state index contributed by atoms with van der Waals surface area (Å²) in [7, 11) is 0. The van der Waals surface area contributed by atoms with Crippen molar-refractivity contribution in [2.45, 2.75) is 17.8 Å². The third-order valence-corrected chi connectivity index (χ3v) is 4.87. The number of halogens is 4. The summed E-state index contributed by atoms with van der Waals surface area (Å²) in [6.07, 6.45) is 0.393. The van der Waals surface area contributed by atoms with Crippen LogP contribution in [0.5, 0.6) is 0 Å². The highest BCUT2D eigenvalue weighted by Gasteiger charge is 2.82. The Morgan fingerprint density at radius 3 is 2.90 bits per heavy atom. The molecule has 0 spiro atoms. The SMILES string of the molecule is Fc1cc(Cl)c2[nH]nc(C34CNCCC3C4(F)F)c2c1. The lowest BCUT2D eigenvalue weighted by Gasteiger charge is -2.19. The summed E-state index contributed by atoms with van der Waals surface area (Å²) in [5.74, 6) is -4.09. The molecule has 2 fully saturated rings. The molecule has 1 aliphatic heterocycles. The van der Waals surface area contributed by atoms with E-state index >= 15 is 0 Å². The van der Waals surface area contributed by atoms with Crippen LogP contribution >= 0.6 is 11.6 Å². The first-order valence-corrected chi connectivity index (χ1v) is 6.78. The first-order chi connectivity index (χ1) is 9.48. The zero-order chi connectivity index (χ0) is 14.1. The number of alkyl halides is 2. The van der Waals surface area contributed by atoms with Crippen LogP contribution in [-0.4, -0.2) is 29.2 Å². The van der Waals surface area contributed by atoms with Gasteiger partial charge in [-0.15, -0.1) is 0 Å². The fourth-order valence-electron chi connectivity index (χ4n) is 3.53. The smallest absolute Gasteiger partial charge is 0.264 e. The number of nitrogens with zero attached hydrogens (tertiary/aromatic N) is 1. The number of rotatable bonds is 1. The molecule has 1 saturated heterocycles. The van der Waals surface area contributed by atoms with Crippen molar-refractivity contribution in [1.29, 1.82) is 0 Å². The lowest BCUT2D eigenvalue weighted by atomic mass is 9.92. The van der Waals surface area contributed by atoms with Crippen molar-refractivity contribution in [1.82, 2.24) is 15.5 Å². The normalized spacial score (nSPS) is 31.3. The van der Waals surface area contributed by atoms with E-state index in [2.05, 4.69) is 15.5 Å². The lowest BCUT2D eigenvalue weighted by molar-refractivity contribution is 0.0782. The van der Waals surface area contributed by atoms with E-state index < -0.39 is 23.1 Å². The van der Waals surface area contributed by atoms with E-state index in [1.54, 1.807) is 0 Å². The van der Waals surface area contributed by atoms with E-state index in [9.17, 15) is 13.2 Å². The van der Waals surface area contributed by atoms with Gasteiger partial charge in [-0.25, -0.2) is 13.2 Å². The molecular formula is C13H11ClF3N3. The zero-order valence-electron chi connectivity index (χ0n) is 10.3. The maximum absolute atomic E-state index is 14.2. The van der Waals surface area contributed by atoms with E-state index in [-0.39, 0.29) is 17.3 Å². The summed E-state index contributed by atoms with van der Waals surface area (Å²) in [6, 6.07) is 2.36. The molecule has 0 radical (unpaired) electrons. The molecular weight excluding hydrogens is 291 g/mol. The summed E-state index contributed by atoms with van der Waals surface area (Å²) in [4.78, 5) is 0. The molecule has 2 N–H and O–H groups in total. The average molecular weight is 302 g/mol. The molecule has 4 rings (SSSR count). The molecule has 2 unspecified atom stereocenters. The second kappa shape index (κ2) is 3.68. The van der Waals surface area contributed by atoms with Crippen LogP contribution in [0.15, 0.2) is 12.1 Å². The number of hydrogen-bond donors (Lipinski definition) is 2. The number of benzene rings is 1. The molecule has 3 nitrogen and oxygen atoms in total. The van der Waals surface area contributed by atoms with Crippen molar-refractivity contribution in [3.63, 3.8) is 0 Å². The topological polar surface area (TPSA) is 40.7 Å². The molecule has 20 heavy (non-hydrogen) atoms. The minimum atomic E-state index is -2.81. The number of H-pyrrole nitrogens is 1. The van der Waals surface area contributed by atoms with Crippen LogP contribution in [0.3, 0.4) is 0 Å². The second-order valence-electron chi connectivity index (χ2n) is 5.49. The third-order valence-electron chi connectivity index (χ3n) is 4.57. The number of hydrogen-bond acceptors (Lipinski definition) is 2. The van der Waals surface area contributed by atoms with Crippen LogP contribution in [0.4, 0.5) is 13.2 Å². The fraction of sp³-hybridized carbons (Fsp3) is 0.462. The van der Waals surface area contributed by atoms with E-state index in [4.69, 9.17) is 11.6 Å². The first kappa shape index (κ1) is 12.5. The minimum Gasteiger partial charge on any atom is -0.316 e. The van der Waals surface area contributed by atoms with Crippen LogP contribution < -0.4 is 5.32 Å². The van der Waals surface area contributed by atoms with Crippen LogP contribution in [-0.2, 0) is 5.41 Å². The average Bonchev–Trinajstić information content (AvgIpc) is 2.71. The quantitative estimate of drug-likeness (QED) is 0.850. The predicted molar refractivity (Wildman–Crippen MR) is 68.7 cm³/mol. The Kier molecular flexibility index (Phi) is 2.29. The van der Waals surface area contributed by atoms with E-state index in [0.717, 1.165) is 6.07 Å². The second-order valence-corrected chi connectivity index (χ2v) is 5.90. The summed E-state index contributed by atoms with van der Waals surface area (Å²) in [5.41, 5.74) is -0.707. The number of fused-ring (bicyclic) bond motifs is 2. The maximum atomic E-state index is 14.2. The number of nitrogens with one attached hydrogen (secondary N) is 2. The largest absolute Gasteiger partial charge is 0.316 e. The highest BCUT2D eigenvalue weighted by atomic mass is 35.5. The van der Waals surface area contributed by atoms with Gasteiger partial charge in [0.1, 0.15) is 5.82 Å². The first-order valence-electron chi connectivity index (χ1n) is 6.40. The van der Waals surface area contributed by atoms with Crippen LogP contribution in [0.1, 0.15) is 12.1 Å². The Hall–Kier alpha value is -1.27. The van der Waals surface area contributed by atoms with Gasteiger partial charge in [-0.2, -0.15) is 5.10 Å². The van der Waals surface area contributed by atoms with Gasteiger partial charge >= 0.3 is 0 Å². The zero-order valence-corrected chi connectivity index (χ0v) is 11.1. The maximum Gasteiger partial charge on any atom is 0.264 e. The Bertz CT molecular complexity index is 714. The third kappa shape index (κ3) is 1.29. The van der Waals surface area contributed by atoms with Gasteiger partial charge in [-0.1, -0.05) is 11.6 Å². The Balaban J connectivity index is 1.95. The van der Waals surface area contributed by atoms with Gasteiger partial charge in [0.05, 0.1) is 21.6 Å². The van der Waals surface area contributed by atoms with Gasteiger partial charge in [0.15, 0.2) is 0 Å². The van der Waals surface area contributed by atoms with Crippen molar-refractivity contribution in [2.24, 2.45) is 5.92 Å². The van der Waals surface area contributed by atoms with Crippen molar-refractivity contribution < 1.29 is 13.2 Å². The molecule has 2 aliphatic rings. The van der Waals surface area contributed by atoms with Crippen LogP contribution in [0, 0.1) is 11.7 Å². The molecule has 2 heterocycles.